The number of aromatic nitrogens is 1. The second-order valence-electron chi connectivity index (χ2n) is 5.76. The van der Waals surface area contributed by atoms with E-state index < -0.39 is 0 Å². The summed E-state index contributed by atoms with van der Waals surface area (Å²) in [5.41, 5.74) is 6.87. The van der Waals surface area contributed by atoms with Crippen LogP contribution in [0.5, 0.6) is 0 Å². The van der Waals surface area contributed by atoms with Crippen LogP contribution in [0.1, 0.15) is 35.9 Å². The van der Waals surface area contributed by atoms with Crippen molar-refractivity contribution in [3.05, 3.63) is 52.5 Å². The molecule has 3 N–H and O–H groups in total. The number of nitrogens with one attached hydrogen (secondary N) is 1. The second kappa shape index (κ2) is 8.43. The van der Waals surface area contributed by atoms with Crippen molar-refractivity contribution in [2.24, 2.45) is 17.6 Å². The molecule has 0 spiro atoms. The minimum atomic E-state index is -0.173. The van der Waals surface area contributed by atoms with E-state index in [9.17, 15) is 4.79 Å². The summed E-state index contributed by atoms with van der Waals surface area (Å²) in [5.74, 6) is 0.459. The molecular formula is C17H22ClN3OS. The number of rotatable bonds is 5. The molecule has 4 nitrogen and oxygen atoms in total. The van der Waals surface area contributed by atoms with Crippen molar-refractivity contribution in [3.63, 3.8) is 0 Å². The van der Waals surface area contributed by atoms with Gasteiger partial charge in [0.2, 0.25) is 5.91 Å². The number of nitrogens with two attached hydrogens (primary N) is 1. The fourth-order valence-electron chi connectivity index (χ4n) is 3.22. The standard InChI is InChI=1S/C17H21N3OS.ClH/c18-11-13-7-4-8-14(13)16(21)20-15(17-19-9-10-22-17)12-5-2-1-3-6-12;/h1-3,5-6,9-10,13-15H,4,7-8,11,18H2,(H,20,21);1H/t13-,14-,15?;/m1./s1. The van der Waals surface area contributed by atoms with Crippen molar-refractivity contribution in [1.82, 2.24) is 10.3 Å². The molecule has 0 aliphatic heterocycles. The fraction of sp³-hybridized carbons (Fsp3) is 0.412. The number of thiazole rings is 1. The van der Waals surface area contributed by atoms with Crippen molar-refractivity contribution in [1.29, 1.82) is 0 Å². The van der Waals surface area contributed by atoms with Crippen molar-refractivity contribution in [3.8, 4) is 0 Å². The smallest absolute Gasteiger partial charge is 0.224 e. The summed E-state index contributed by atoms with van der Waals surface area (Å²) >= 11 is 1.57. The monoisotopic (exact) mass is 351 g/mol. The van der Waals surface area contributed by atoms with Crippen molar-refractivity contribution in [2.75, 3.05) is 6.54 Å². The Bertz CT molecular complexity index is 606. The Hall–Kier alpha value is -1.43. The molecule has 1 unspecified atom stereocenters. The SMILES string of the molecule is Cl.NC[C@H]1CCC[C@H]1C(=O)NC(c1ccccc1)c1nccs1. The lowest BCUT2D eigenvalue weighted by Crippen LogP contribution is -2.37. The van der Waals surface area contributed by atoms with Crippen LogP contribution in [-0.2, 0) is 4.79 Å². The molecule has 1 aliphatic rings. The largest absolute Gasteiger partial charge is 0.342 e. The first kappa shape index (κ1) is 17.9. The topological polar surface area (TPSA) is 68.0 Å². The molecule has 124 valence electrons. The van der Waals surface area contributed by atoms with Gasteiger partial charge in [0.25, 0.3) is 0 Å². The van der Waals surface area contributed by atoms with E-state index in [-0.39, 0.29) is 30.3 Å². The molecule has 0 bridgehead atoms. The first-order valence-electron chi connectivity index (χ1n) is 7.74. The van der Waals surface area contributed by atoms with Crippen LogP contribution in [0.25, 0.3) is 0 Å². The minimum absolute atomic E-state index is 0. The van der Waals surface area contributed by atoms with Crippen molar-refractivity contribution in [2.45, 2.75) is 25.3 Å². The normalized spacial score (nSPS) is 21.4. The lowest BCUT2D eigenvalue weighted by Gasteiger charge is -2.22. The quantitative estimate of drug-likeness (QED) is 0.869. The zero-order valence-electron chi connectivity index (χ0n) is 12.9. The molecule has 3 atom stereocenters. The van der Waals surface area contributed by atoms with Gasteiger partial charge in [-0.15, -0.1) is 23.7 Å². The number of amides is 1. The summed E-state index contributed by atoms with van der Waals surface area (Å²) < 4.78 is 0. The molecule has 6 heteroatoms. The van der Waals surface area contributed by atoms with Crippen LogP contribution in [0.3, 0.4) is 0 Å². The van der Waals surface area contributed by atoms with E-state index in [0.29, 0.717) is 12.5 Å². The maximum Gasteiger partial charge on any atom is 0.224 e. The number of carbonyl (C=O) groups excluding carboxylic acids is 1. The molecule has 1 saturated carbocycles. The van der Waals surface area contributed by atoms with Gasteiger partial charge in [0.1, 0.15) is 11.0 Å². The zero-order chi connectivity index (χ0) is 15.4. The van der Waals surface area contributed by atoms with Crippen LogP contribution in [0.4, 0.5) is 0 Å². The van der Waals surface area contributed by atoms with E-state index in [1.807, 2.05) is 35.7 Å². The highest BCUT2D eigenvalue weighted by atomic mass is 35.5. The number of nitrogens with zero attached hydrogens (tertiary/aromatic N) is 1. The average molecular weight is 352 g/mol. The van der Waals surface area contributed by atoms with Crippen LogP contribution in [0.15, 0.2) is 41.9 Å². The molecule has 0 radical (unpaired) electrons. The van der Waals surface area contributed by atoms with Gasteiger partial charge in [0.15, 0.2) is 0 Å². The Labute approximate surface area is 146 Å². The van der Waals surface area contributed by atoms with Gasteiger partial charge >= 0.3 is 0 Å². The molecule has 23 heavy (non-hydrogen) atoms. The maximum atomic E-state index is 12.7. The molecule has 0 saturated heterocycles. The van der Waals surface area contributed by atoms with Crippen LogP contribution in [0, 0.1) is 11.8 Å². The molecule has 1 amide bonds. The fourth-order valence-corrected chi connectivity index (χ4v) is 3.94. The summed E-state index contributed by atoms with van der Waals surface area (Å²) in [6, 6.07) is 9.84. The number of halogens is 1. The number of benzene rings is 1. The third-order valence-electron chi connectivity index (χ3n) is 4.42. The van der Waals surface area contributed by atoms with Gasteiger partial charge in [-0.2, -0.15) is 0 Å². The molecule has 3 rings (SSSR count). The van der Waals surface area contributed by atoms with E-state index in [1.165, 1.54) is 0 Å². The van der Waals surface area contributed by atoms with Gasteiger partial charge in [0, 0.05) is 17.5 Å². The molecular weight excluding hydrogens is 330 g/mol. The highest BCUT2D eigenvalue weighted by Crippen LogP contribution is 2.32. The highest BCUT2D eigenvalue weighted by molar-refractivity contribution is 7.09. The van der Waals surface area contributed by atoms with E-state index in [0.717, 1.165) is 29.8 Å². The Morgan fingerprint density at radius 2 is 2.13 bits per heavy atom. The first-order chi connectivity index (χ1) is 10.8. The maximum absolute atomic E-state index is 12.7. The Morgan fingerprint density at radius 1 is 1.35 bits per heavy atom. The highest BCUT2D eigenvalue weighted by Gasteiger charge is 2.33. The number of hydrogen-bond acceptors (Lipinski definition) is 4. The van der Waals surface area contributed by atoms with E-state index >= 15 is 0 Å². The molecule has 1 fully saturated rings. The molecule has 1 aromatic heterocycles. The number of carbonyl (C=O) groups is 1. The Kier molecular flexibility index (Phi) is 6.57. The Morgan fingerprint density at radius 3 is 2.78 bits per heavy atom. The summed E-state index contributed by atoms with van der Waals surface area (Å²) in [6.07, 6.45) is 4.86. The van der Waals surface area contributed by atoms with Crippen molar-refractivity contribution < 1.29 is 4.79 Å². The molecule has 2 aromatic rings. The van der Waals surface area contributed by atoms with Crippen LogP contribution in [0.2, 0.25) is 0 Å². The molecule has 1 aromatic carbocycles. The van der Waals surface area contributed by atoms with Gasteiger partial charge in [-0.05, 0) is 30.9 Å². The third-order valence-corrected chi connectivity index (χ3v) is 5.26. The summed E-state index contributed by atoms with van der Waals surface area (Å²) in [4.78, 5) is 17.1. The summed E-state index contributed by atoms with van der Waals surface area (Å²) in [5, 5.41) is 6.05. The van der Waals surface area contributed by atoms with Gasteiger partial charge in [-0.3, -0.25) is 4.79 Å². The van der Waals surface area contributed by atoms with Gasteiger partial charge < -0.3 is 11.1 Å². The molecule has 1 aliphatic carbocycles. The summed E-state index contributed by atoms with van der Waals surface area (Å²) in [7, 11) is 0. The van der Waals surface area contributed by atoms with Gasteiger partial charge in [-0.25, -0.2) is 4.98 Å². The lowest BCUT2D eigenvalue weighted by atomic mass is 9.94. The number of hydrogen-bond donors (Lipinski definition) is 2. The van der Waals surface area contributed by atoms with Gasteiger partial charge in [-0.1, -0.05) is 36.8 Å². The van der Waals surface area contributed by atoms with Crippen molar-refractivity contribution >= 4 is 29.7 Å². The van der Waals surface area contributed by atoms with Crippen LogP contribution >= 0.6 is 23.7 Å². The van der Waals surface area contributed by atoms with Crippen LogP contribution < -0.4 is 11.1 Å². The average Bonchev–Trinajstić information content (AvgIpc) is 3.24. The zero-order valence-corrected chi connectivity index (χ0v) is 14.5. The minimum Gasteiger partial charge on any atom is -0.342 e. The predicted molar refractivity (Wildman–Crippen MR) is 95.7 cm³/mol. The third kappa shape index (κ3) is 4.10. The Balaban J connectivity index is 0.00000192. The van der Waals surface area contributed by atoms with Gasteiger partial charge in [0.05, 0.1) is 0 Å². The first-order valence-corrected chi connectivity index (χ1v) is 8.62. The predicted octanol–water partition coefficient (Wildman–Crippen LogP) is 3.15. The van der Waals surface area contributed by atoms with E-state index in [1.54, 1.807) is 17.5 Å². The van der Waals surface area contributed by atoms with E-state index in [2.05, 4.69) is 10.3 Å². The lowest BCUT2D eigenvalue weighted by molar-refractivity contribution is -0.126. The molecule has 1 heterocycles. The van der Waals surface area contributed by atoms with E-state index in [4.69, 9.17) is 5.73 Å². The second-order valence-corrected chi connectivity index (χ2v) is 6.68. The summed E-state index contributed by atoms with van der Waals surface area (Å²) in [6.45, 7) is 0.589. The van der Waals surface area contributed by atoms with Crippen LogP contribution in [-0.4, -0.2) is 17.4 Å².